The van der Waals surface area contributed by atoms with Gasteiger partial charge in [-0.25, -0.2) is 0 Å². The van der Waals surface area contributed by atoms with Crippen molar-refractivity contribution in [1.82, 2.24) is 10.2 Å². The average molecular weight is 256 g/mol. The molecule has 17 heavy (non-hydrogen) atoms. The van der Waals surface area contributed by atoms with Gasteiger partial charge in [-0.2, -0.15) is 11.8 Å². The molecule has 0 amide bonds. The molecule has 1 aliphatic heterocycles. The summed E-state index contributed by atoms with van der Waals surface area (Å²) in [5.41, 5.74) is 0. The highest BCUT2D eigenvalue weighted by molar-refractivity contribution is 7.99. The molecule has 3 heteroatoms. The predicted octanol–water partition coefficient (Wildman–Crippen LogP) is 2.45. The first-order chi connectivity index (χ1) is 8.25. The van der Waals surface area contributed by atoms with Crippen molar-refractivity contribution >= 4 is 11.8 Å². The molecule has 0 aromatic heterocycles. The minimum atomic E-state index is 0.783. The molecule has 1 N–H and O–H groups in total. The van der Waals surface area contributed by atoms with Gasteiger partial charge >= 0.3 is 0 Å². The molecule has 1 saturated heterocycles. The van der Waals surface area contributed by atoms with Crippen LogP contribution in [-0.4, -0.2) is 48.6 Å². The molecular formula is C14H28N2S. The van der Waals surface area contributed by atoms with E-state index in [0.29, 0.717) is 0 Å². The maximum atomic E-state index is 3.79. The lowest BCUT2D eigenvalue weighted by Gasteiger charge is -2.34. The number of hydrogen-bond acceptors (Lipinski definition) is 3. The van der Waals surface area contributed by atoms with Crippen molar-refractivity contribution in [1.29, 1.82) is 0 Å². The Morgan fingerprint density at radius 1 is 1.18 bits per heavy atom. The van der Waals surface area contributed by atoms with E-state index in [0.717, 1.165) is 17.9 Å². The topological polar surface area (TPSA) is 15.3 Å². The summed E-state index contributed by atoms with van der Waals surface area (Å²) >= 11 is 2.10. The molecule has 3 atom stereocenters. The van der Waals surface area contributed by atoms with Gasteiger partial charge in [-0.15, -0.1) is 0 Å². The summed E-state index contributed by atoms with van der Waals surface area (Å²) in [6, 6.07) is 0.783. The summed E-state index contributed by atoms with van der Waals surface area (Å²) in [7, 11) is 0. The van der Waals surface area contributed by atoms with Crippen molar-refractivity contribution in [2.45, 2.75) is 39.2 Å². The third-order valence-corrected chi connectivity index (χ3v) is 5.31. The molecule has 2 nitrogen and oxygen atoms in total. The van der Waals surface area contributed by atoms with Crippen LogP contribution in [0.25, 0.3) is 0 Å². The van der Waals surface area contributed by atoms with Gasteiger partial charge in [-0.05, 0) is 31.1 Å². The molecule has 0 radical (unpaired) electrons. The van der Waals surface area contributed by atoms with Crippen molar-refractivity contribution in [2.75, 3.05) is 37.7 Å². The van der Waals surface area contributed by atoms with Gasteiger partial charge < -0.3 is 10.2 Å². The first kappa shape index (κ1) is 13.7. The first-order valence-corrected chi connectivity index (χ1v) is 8.44. The van der Waals surface area contributed by atoms with Gasteiger partial charge in [0.15, 0.2) is 0 Å². The lowest BCUT2D eigenvalue weighted by molar-refractivity contribution is 0.216. The fourth-order valence-electron chi connectivity index (χ4n) is 3.20. The van der Waals surface area contributed by atoms with Crippen LogP contribution >= 0.6 is 11.8 Å². The second kappa shape index (κ2) is 7.01. The molecule has 0 bridgehead atoms. The van der Waals surface area contributed by atoms with Gasteiger partial charge in [-0.3, -0.25) is 0 Å². The van der Waals surface area contributed by atoms with E-state index in [1.54, 1.807) is 0 Å². The molecule has 1 heterocycles. The first-order valence-electron chi connectivity index (χ1n) is 7.29. The van der Waals surface area contributed by atoms with Gasteiger partial charge in [0, 0.05) is 43.7 Å². The van der Waals surface area contributed by atoms with E-state index in [1.807, 2.05) is 0 Å². The molecule has 2 aliphatic rings. The second-order valence-electron chi connectivity index (χ2n) is 5.91. The van der Waals surface area contributed by atoms with Gasteiger partial charge in [0.25, 0.3) is 0 Å². The fraction of sp³-hybridized carbons (Fsp3) is 1.00. The van der Waals surface area contributed by atoms with E-state index in [-0.39, 0.29) is 0 Å². The number of thioether (sulfide) groups is 1. The Hall–Kier alpha value is 0.270. The third-order valence-electron chi connectivity index (χ3n) is 4.37. The van der Waals surface area contributed by atoms with Crippen LogP contribution in [0.4, 0.5) is 0 Å². The summed E-state index contributed by atoms with van der Waals surface area (Å²) in [5.74, 6) is 4.48. The SMILES string of the molecule is CC1CCC(NCCN2CCSCC2)C(C)C1. The van der Waals surface area contributed by atoms with Gasteiger partial charge in [-0.1, -0.05) is 13.8 Å². The van der Waals surface area contributed by atoms with E-state index in [9.17, 15) is 0 Å². The van der Waals surface area contributed by atoms with Crippen LogP contribution in [0.1, 0.15) is 33.1 Å². The summed E-state index contributed by atoms with van der Waals surface area (Å²) in [6.07, 6.45) is 4.22. The van der Waals surface area contributed by atoms with Crippen molar-refractivity contribution in [3.05, 3.63) is 0 Å². The molecular weight excluding hydrogens is 228 g/mol. The van der Waals surface area contributed by atoms with Crippen LogP contribution < -0.4 is 5.32 Å². The second-order valence-corrected chi connectivity index (χ2v) is 7.13. The molecule has 2 fully saturated rings. The van der Waals surface area contributed by atoms with Gasteiger partial charge in [0.1, 0.15) is 0 Å². The summed E-state index contributed by atoms with van der Waals surface area (Å²) < 4.78 is 0. The van der Waals surface area contributed by atoms with E-state index in [2.05, 4.69) is 35.8 Å². The van der Waals surface area contributed by atoms with Crippen LogP contribution in [0.5, 0.6) is 0 Å². The number of rotatable bonds is 4. The van der Waals surface area contributed by atoms with Crippen LogP contribution in [0.2, 0.25) is 0 Å². The van der Waals surface area contributed by atoms with E-state index in [1.165, 1.54) is 56.9 Å². The van der Waals surface area contributed by atoms with E-state index < -0.39 is 0 Å². The van der Waals surface area contributed by atoms with Crippen LogP contribution in [0.15, 0.2) is 0 Å². The van der Waals surface area contributed by atoms with Crippen molar-refractivity contribution in [3.63, 3.8) is 0 Å². The minimum Gasteiger partial charge on any atom is -0.312 e. The summed E-state index contributed by atoms with van der Waals surface area (Å²) in [5, 5.41) is 3.79. The fourth-order valence-corrected chi connectivity index (χ4v) is 4.18. The number of nitrogens with one attached hydrogen (secondary N) is 1. The quantitative estimate of drug-likeness (QED) is 0.832. The minimum absolute atomic E-state index is 0.783. The number of hydrogen-bond donors (Lipinski definition) is 1. The van der Waals surface area contributed by atoms with Crippen molar-refractivity contribution in [3.8, 4) is 0 Å². The Bertz CT molecular complexity index is 216. The Morgan fingerprint density at radius 3 is 2.65 bits per heavy atom. The molecule has 2 rings (SSSR count). The summed E-state index contributed by atoms with van der Waals surface area (Å²) in [4.78, 5) is 2.61. The standard InChI is InChI=1S/C14H28N2S/c1-12-3-4-14(13(2)11-12)15-5-6-16-7-9-17-10-8-16/h12-15H,3-11H2,1-2H3. The van der Waals surface area contributed by atoms with Gasteiger partial charge in [0.2, 0.25) is 0 Å². The lowest BCUT2D eigenvalue weighted by Crippen LogP contribution is -2.44. The highest BCUT2D eigenvalue weighted by atomic mass is 32.2. The van der Waals surface area contributed by atoms with Crippen LogP contribution in [-0.2, 0) is 0 Å². The molecule has 0 spiro atoms. The van der Waals surface area contributed by atoms with Gasteiger partial charge in [0.05, 0.1) is 0 Å². The Kier molecular flexibility index (Phi) is 5.64. The van der Waals surface area contributed by atoms with Crippen molar-refractivity contribution < 1.29 is 0 Å². The zero-order chi connectivity index (χ0) is 12.1. The zero-order valence-corrected chi connectivity index (χ0v) is 12.3. The predicted molar refractivity (Wildman–Crippen MR) is 77.7 cm³/mol. The Balaban J connectivity index is 1.61. The molecule has 1 saturated carbocycles. The average Bonchev–Trinajstić information content (AvgIpc) is 2.33. The highest BCUT2D eigenvalue weighted by Gasteiger charge is 2.24. The van der Waals surface area contributed by atoms with Crippen molar-refractivity contribution in [2.24, 2.45) is 11.8 Å². The maximum absolute atomic E-state index is 3.79. The molecule has 3 unspecified atom stereocenters. The molecule has 100 valence electrons. The summed E-state index contributed by atoms with van der Waals surface area (Å²) in [6.45, 7) is 9.85. The smallest absolute Gasteiger partial charge is 0.0108 e. The maximum Gasteiger partial charge on any atom is 0.0108 e. The van der Waals surface area contributed by atoms with E-state index >= 15 is 0 Å². The number of nitrogens with zero attached hydrogens (tertiary/aromatic N) is 1. The monoisotopic (exact) mass is 256 g/mol. The van der Waals surface area contributed by atoms with Crippen LogP contribution in [0.3, 0.4) is 0 Å². The third kappa shape index (κ3) is 4.46. The Morgan fingerprint density at radius 2 is 1.94 bits per heavy atom. The molecule has 1 aliphatic carbocycles. The Labute approximate surface area is 111 Å². The highest BCUT2D eigenvalue weighted by Crippen LogP contribution is 2.28. The van der Waals surface area contributed by atoms with Crippen LogP contribution in [0, 0.1) is 11.8 Å². The zero-order valence-electron chi connectivity index (χ0n) is 11.5. The molecule has 0 aromatic rings. The lowest BCUT2D eigenvalue weighted by atomic mass is 9.80. The molecule has 0 aromatic carbocycles. The largest absolute Gasteiger partial charge is 0.312 e. The van der Waals surface area contributed by atoms with E-state index in [4.69, 9.17) is 0 Å². The normalized spacial score (nSPS) is 36.0.